The van der Waals surface area contributed by atoms with Crippen molar-refractivity contribution in [3.8, 4) is 11.4 Å². The first-order valence-electron chi connectivity index (χ1n) is 10.0. The molecule has 2 heterocycles. The zero-order chi connectivity index (χ0) is 22.5. The molecule has 0 aliphatic rings. The molecular formula is C23H23N5O3S. The number of nitrogens with zero attached hydrogens (tertiary/aromatic N) is 4. The first kappa shape index (κ1) is 21.6. The number of para-hydroxylation sites is 2. The minimum Gasteiger partial charge on any atom is -0.495 e. The highest BCUT2D eigenvalue weighted by atomic mass is 32.2. The standard InChI is InChI=1S/C23H23N5O3S/c1-15-8-9-16(2)18(12-15)28-11-10-24-23(28)32-14-22-26-20(27-31-22)13-21(29)25-17-6-4-5-7-19(17)30-3/h4-12H,13-14H2,1-3H3,(H,25,29). The Morgan fingerprint density at radius 2 is 2.06 bits per heavy atom. The lowest BCUT2D eigenvalue weighted by molar-refractivity contribution is -0.115. The smallest absolute Gasteiger partial charge is 0.237 e. The van der Waals surface area contributed by atoms with E-state index < -0.39 is 0 Å². The second-order valence-corrected chi connectivity index (χ2v) is 8.13. The molecule has 2 aromatic carbocycles. The number of nitrogens with one attached hydrogen (secondary N) is 1. The predicted molar refractivity (Wildman–Crippen MR) is 122 cm³/mol. The van der Waals surface area contributed by atoms with E-state index in [1.807, 2.05) is 22.9 Å². The van der Waals surface area contributed by atoms with Gasteiger partial charge in [0, 0.05) is 12.4 Å². The van der Waals surface area contributed by atoms with Crippen LogP contribution in [0.15, 0.2) is 64.5 Å². The van der Waals surface area contributed by atoms with Crippen LogP contribution in [0.1, 0.15) is 22.8 Å². The van der Waals surface area contributed by atoms with Gasteiger partial charge in [0.05, 0.1) is 30.7 Å². The van der Waals surface area contributed by atoms with Crippen LogP contribution < -0.4 is 10.1 Å². The molecule has 0 aliphatic carbocycles. The number of amides is 1. The normalized spacial score (nSPS) is 10.8. The van der Waals surface area contributed by atoms with Crippen LogP contribution in [0, 0.1) is 13.8 Å². The van der Waals surface area contributed by atoms with Crippen LogP contribution >= 0.6 is 11.8 Å². The Bertz CT molecular complexity index is 1230. The summed E-state index contributed by atoms with van der Waals surface area (Å²) in [6.07, 6.45) is 3.71. The molecule has 0 spiro atoms. The van der Waals surface area contributed by atoms with Crippen molar-refractivity contribution in [2.45, 2.75) is 31.2 Å². The van der Waals surface area contributed by atoms with Crippen LogP contribution in [-0.4, -0.2) is 32.7 Å². The fourth-order valence-electron chi connectivity index (χ4n) is 3.19. The Balaban J connectivity index is 1.38. The molecule has 0 radical (unpaired) electrons. The van der Waals surface area contributed by atoms with Gasteiger partial charge in [0.1, 0.15) is 5.75 Å². The van der Waals surface area contributed by atoms with E-state index >= 15 is 0 Å². The van der Waals surface area contributed by atoms with E-state index in [-0.39, 0.29) is 12.3 Å². The number of anilines is 1. The molecular weight excluding hydrogens is 426 g/mol. The number of carbonyl (C=O) groups is 1. The Hall–Kier alpha value is -3.59. The molecule has 0 saturated heterocycles. The van der Waals surface area contributed by atoms with Crippen molar-refractivity contribution >= 4 is 23.4 Å². The molecule has 4 aromatic rings. The molecule has 0 aliphatic heterocycles. The number of benzene rings is 2. The Labute approximate surface area is 190 Å². The summed E-state index contributed by atoms with van der Waals surface area (Å²) in [6.45, 7) is 4.14. The Morgan fingerprint density at radius 1 is 1.22 bits per heavy atom. The van der Waals surface area contributed by atoms with E-state index in [2.05, 4.69) is 52.5 Å². The van der Waals surface area contributed by atoms with Gasteiger partial charge >= 0.3 is 0 Å². The minimum atomic E-state index is -0.250. The van der Waals surface area contributed by atoms with E-state index in [1.54, 1.807) is 25.4 Å². The lowest BCUT2D eigenvalue weighted by Gasteiger charge is -2.10. The quantitative estimate of drug-likeness (QED) is 0.400. The average molecular weight is 450 g/mol. The van der Waals surface area contributed by atoms with Crippen molar-refractivity contribution in [3.63, 3.8) is 0 Å². The average Bonchev–Trinajstić information content (AvgIpc) is 3.43. The van der Waals surface area contributed by atoms with Gasteiger partial charge < -0.3 is 14.6 Å². The van der Waals surface area contributed by atoms with Gasteiger partial charge in [-0.05, 0) is 43.2 Å². The highest BCUT2D eigenvalue weighted by Crippen LogP contribution is 2.26. The Morgan fingerprint density at radius 3 is 2.91 bits per heavy atom. The van der Waals surface area contributed by atoms with Crippen LogP contribution in [0.3, 0.4) is 0 Å². The van der Waals surface area contributed by atoms with Gasteiger partial charge in [-0.2, -0.15) is 4.98 Å². The summed E-state index contributed by atoms with van der Waals surface area (Å²) in [5.41, 5.74) is 4.03. The number of carbonyl (C=O) groups excluding carboxylic acids is 1. The molecule has 2 aromatic heterocycles. The summed E-state index contributed by atoms with van der Waals surface area (Å²) in [5, 5.41) is 7.56. The number of hydrogen-bond donors (Lipinski definition) is 1. The molecule has 0 bridgehead atoms. The third-order valence-corrected chi connectivity index (χ3v) is 5.72. The van der Waals surface area contributed by atoms with Gasteiger partial charge in [-0.3, -0.25) is 9.36 Å². The number of imidazole rings is 1. The number of thioether (sulfide) groups is 1. The maximum absolute atomic E-state index is 12.4. The molecule has 164 valence electrons. The lowest BCUT2D eigenvalue weighted by Crippen LogP contribution is -2.15. The second-order valence-electron chi connectivity index (χ2n) is 7.19. The van der Waals surface area contributed by atoms with Gasteiger partial charge in [0.25, 0.3) is 0 Å². The van der Waals surface area contributed by atoms with Gasteiger partial charge in [-0.25, -0.2) is 4.98 Å². The molecule has 9 heteroatoms. The minimum absolute atomic E-state index is 0.00330. The summed E-state index contributed by atoms with van der Waals surface area (Å²) >= 11 is 1.49. The number of aromatic nitrogens is 4. The number of methoxy groups -OCH3 is 1. The molecule has 0 fully saturated rings. The summed E-state index contributed by atoms with van der Waals surface area (Å²) in [6, 6.07) is 13.5. The number of rotatable bonds is 8. The van der Waals surface area contributed by atoms with Gasteiger partial charge in [-0.1, -0.05) is 41.2 Å². The molecule has 0 saturated carbocycles. The highest BCUT2D eigenvalue weighted by molar-refractivity contribution is 7.98. The molecule has 8 nitrogen and oxygen atoms in total. The van der Waals surface area contributed by atoms with Crippen molar-refractivity contribution in [3.05, 3.63) is 77.7 Å². The van der Waals surface area contributed by atoms with Crippen molar-refractivity contribution in [1.82, 2.24) is 19.7 Å². The third kappa shape index (κ3) is 5.00. The number of ether oxygens (including phenoxy) is 1. The summed E-state index contributed by atoms with van der Waals surface area (Å²) in [5.74, 6) is 1.55. The molecule has 4 rings (SSSR count). The third-order valence-electron chi connectivity index (χ3n) is 4.77. The van der Waals surface area contributed by atoms with Crippen molar-refractivity contribution in [2.24, 2.45) is 0 Å². The predicted octanol–water partition coefficient (Wildman–Crippen LogP) is 4.35. The van der Waals surface area contributed by atoms with E-state index in [0.29, 0.717) is 28.9 Å². The number of hydrogen-bond acceptors (Lipinski definition) is 7. The van der Waals surface area contributed by atoms with Crippen LogP contribution in [0.2, 0.25) is 0 Å². The van der Waals surface area contributed by atoms with E-state index in [0.717, 1.165) is 16.4 Å². The van der Waals surface area contributed by atoms with Crippen molar-refractivity contribution < 1.29 is 14.1 Å². The molecule has 1 N–H and O–H groups in total. The van der Waals surface area contributed by atoms with Gasteiger partial charge in [-0.15, -0.1) is 0 Å². The fraction of sp³-hybridized carbons (Fsp3) is 0.217. The Kier molecular flexibility index (Phi) is 6.55. The maximum Gasteiger partial charge on any atom is 0.237 e. The van der Waals surface area contributed by atoms with Crippen molar-refractivity contribution in [2.75, 3.05) is 12.4 Å². The first-order valence-corrected chi connectivity index (χ1v) is 11.0. The monoisotopic (exact) mass is 449 g/mol. The molecule has 0 unspecified atom stereocenters. The summed E-state index contributed by atoms with van der Waals surface area (Å²) in [7, 11) is 1.56. The highest BCUT2D eigenvalue weighted by Gasteiger charge is 2.15. The van der Waals surface area contributed by atoms with Crippen LogP contribution in [0.25, 0.3) is 5.69 Å². The topological polar surface area (TPSA) is 95.1 Å². The van der Waals surface area contributed by atoms with Crippen LogP contribution in [-0.2, 0) is 17.0 Å². The first-order chi connectivity index (χ1) is 15.5. The maximum atomic E-state index is 12.4. The van der Waals surface area contributed by atoms with Gasteiger partial charge in [0.15, 0.2) is 11.0 Å². The fourth-order valence-corrected chi connectivity index (χ4v) is 4.00. The van der Waals surface area contributed by atoms with E-state index in [4.69, 9.17) is 9.26 Å². The van der Waals surface area contributed by atoms with Gasteiger partial charge in [0.2, 0.25) is 11.8 Å². The second kappa shape index (κ2) is 9.69. The van der Waals surface area contributed by atoms with Crippen LogP contribution in [0.5, 0.6) is 5.75 Å². The number of aryl methyl sites for hydroxylation is 2. The largest absolute Gasteiger partial charge is 0.495 e. The van der Waals surface area contributed by atoms with E-state index in [1.165, 1.54) is 17.3 Å². The van der Waals surface area contributed by atoms with Crippen molar-refractivity contribution in [1.29, 1.82) is 0 Å². The molecule has 1 amide bonds. The zero-order valence-corrected chi connectivity index (χ0v) is 18.8. The van der Waals surface area contributed by atoms with E-state index in [9.17, 15) is 4.79 Å². The summed E-state index contributed by atoms with van der Waals surface area (Å²) < 4.78 is 12.6. The lowest BCUT2D eigenvalue weighted by atomic mass is 10.1. The molecule has 32 heavy (non-hydrogen) atoms. The SMILES string of the molecule is COc1ccccc1NC(=O)Cc1noc(CSc2nccn2-c2cc(C)ccc2C)n1. The zero-order valence-electron chi connectivity index (χ0n) is 18.0. The summed E-state index contributed by atoms with van der Waals surface area (Å²) in [4.78, 5) is 21.2. The van der Waals surface area contributed by atoms with Crippen LogP contribution in [0.4, 0.5) is 5.69 Å². The molecule has 0 atom stereocenters.